The third-order valence-corrected chi connectivity index (χ3v) is 2.68. The SMILES string of the molecule is CNC(=O)c1nc(-c2ccc(CO)cc2)cnc1N. The maximum absolute atomic E-state index is 11.6. The number of aliphatic hydroxyl groups is 1. The summed E-state index contributed by atoms with van der Waals surface area (Å²) in [4.78, 5) is 19.8. The number of hydrogen-bond acceptors (Lipinski definition) is 5. The summed E-state index contributed by atoms with van der Waals surface area (Å²) in [6.07, 6.45) is 1.51. The van der Waals surface area contributed by atoms with Crippen molar-refractivity contribution in [2.24, 2.45) is 0 Å². The van der Waals surface area contributed by atoms with Crippen molar-refractivity contribution in [3.63, 3.8) is 0 Å². The Labute approximate surface area is 110 Å². The summed E-state index contributed by atoms with van der Waals surface area (Å²) in [7, 11) is 1.51. The van der Waals surface area contributed by atoms with Crippen LogP contribution in [-0.4, -0.2) is 28.0 Å². The number of nitrogens with two attached hydrogens (primary N) is 1. The van der Waals surface area contributed by atoms with Crippen molar-refractivity contribution < 1.29 is 9.90 Å². The lowest BCUT2D eigenvalue weighted by Gasteiger charge is -2.06. The van der Waals surface area contributed by atoms with Crippen molar-refractivity contribution >= 4 is 11.7 Å². The van der Waals surface area contributed by atoms with Crippen LogP contribution in [0.15, 0.2) is 30.5 Å². The minimum atomic E-state index is -0.376. The van der Waals surface area contributed by atoms with Crippen molar-refractivity contribution in [1.82, 2.24) is 15.3 Å². The number of hydrogen-bond donors (Lipinski definition) is 3. The molecule has 6 heteroatoms. The summed E-state index contributed by atoms with van der Waals surface area (Å²) in [6, 6.07) is 7.18. The molecule has 0 aliphatic heterocycles. The van der Waals surface area contributed by atoms with Crippen LogP contribution in [0.25, 0.3) is 11.3 Å². The number of aliphatic hydroxyl groups excluding tert-OH is 1. The van der Waals surface area contributed by atoms with Gasteiger partial charge in [0.1, 0.15) is 0 Å². The molecule has 6 nitrogen and oxygen atoms in total. The van der Waals surface area contributed by atoms with Gasteiger partial charge >= 0.3 is 0 Å². The Morgan fingerprint density at radius 2 is 2.05 bits per heavy atom. The van der Waals surface area contributed by atoms with E-state index in [0.717, 1.165) is 11.1 Å². The maximum atomic E-state index is 11.6. The van der Waals surface area contributed by atoms with E-state index in [1.54, 1.807) is 24.3 Å². The summed E-state index contributed by atoms with van der Waals surface area (Å²) < 4.78 is 0. The molecule has 0 radical (unpaired) electrons. The zero-order chi connectivity index (χ0) is 13.8. The first-order chi connectivity index (χ1) is 9.15. The number of benzene rings is 1. The molecule has 0 fully saturated rings. The average molecular weight is 258 g/mol. The van der Waals surface area contributed by atoms with Crippen molar-refractivity contribution in [3.05, 3.63) is 41.7 Å². The predicted octanol–water partition coefficient (Wildman–Crippen LogP) is 0.578. The number of anilines is 1. The van der Waals surface area contributed by atoms with Crippen LogP contribution in [0.1, 0.15) is 16.1 Å². The lowest BCUT2D eigenvalue weighted by Crippen LogP contribution is -2.21. The molecule has 1 heterocycles. The first-order valence-electron chi connectivity index (χ1n) is 5.70. The standard InChI is InChI=1S/C13H14N4O2/c1-15-13(19)11-12(14)16-6-10(17-11)9-4-2-8(7-18)3-5-9/h2-6,18H,7H2,1H3,(H2,14,16)(H,15,19). The summed E-state index contributed by atoms with van der Waals surface area (Å²) >= 11 is 0. The second-order valence-electron chi connectivity index (χ2n) is 3.92. The smallest absolute Gasteiger partial charge is 0.273 e. The third-order valence-electron chi connectivity index (χ3n) is 2.68. The van der Waals surface area contributed by atoms with Crippen LogP contribution in [-0.2, 0) is 6.61 Å². The van der Waals surface area contributed by atoms with Crippen LogP contribution in [0.4, 0.5) is 5.82 Å². The van der Waals surface area contributed by atoms with Gasteiger partial charge in [-0.15, -0.1) is 0 Å². The van der Waals surface area contributed by atoms with Crippen LogP contribution >= 0.6 is 0 Å². The Morgan fingerprint density at radius 1 is 1.37 bits per heavy atom. The fourth-order valence-corrected chi connectivity index (χ4v) is 1.60. The van der Waals surface area contributed by atoms with Gasteiger partial charge in [0, 0.05) is 12.6 Å². The van der Waals surface area contributed by atoms with Crippen LogP contribution < -0.4 is 11.1 Å². The van der Waals surface area contributed by atoms with Gasteiger partial charge in [-0.05, 0) is 5.56 Å². The van der Waals surface area contributed by atoms with E-state index in [2.05, 4.69) is 15.3 Å². The molecular formula is C13H14N4O2. The van der Waals surface area contributed by atoms with Crippen LogP contribution in [0.2, 0.25) is 0 Å². The van der Waals surface area contributed by atoms with Crippen molar-refractivity contribution in [3.8, 4) is 11.3 Å². The second kappa shape index (κ2) is 5.45. The highest BCUT2D eigenvalue weighted by atomic mass is 16.3. The van der Waals surface area contributed by atoms with Gasteiger partial charge in [0.15, 0.2) is 11.5 Å². The fraction of sp³-hybridized carbons (Fsp3) is 0.154. The first kappa shape index (κ1) is 13.0. The zero-order valence-corrected chi connectivity index (χ0v) is 10.4. The highest BCUT2D eigenvalue weighted by molar-refractivity contribution is 5.96. The van der Waals surface area contributed by atoms with Gasteiger partial charge in [-0.2, -0.15) is 0 Å². The molecule has 4 N–H and O–H groups in total. The van der Waals surface area contributed by atoms with E-state index >= 15 is 0 Å². The van der Waals surface area contributed by atoms with Gasteiger partial charge in [-0.3, -0.25) is 4.79 Å². The van der Waals surface area contributed by atoms with E-state index in [-0.39, 0.29) is 24.0 Å². The lowest BCUT2D eigenvalue weighted by atomic mass is 10.1. The van der Waals surface area contributed by atoms with Crippen LogP contribution in [0.3, 0.4) is 0 Å². The molecule has 19 heavy (non-hydrogen) atoms. The average Bonchev–Trinajstić information content (AvgIpc) is 2.47. The summed E-state index contributed by atoms with van der Waals surface area (Å²) in [5, 5.41) is 11.5. The normalized spacial score (nSPS) is 10.2. The molecule has 98 valence electrons. The van der Waals surface area contributed by atoms with E-state index in [1.165, 1.54) is 13.2 Å². The molecule has 2 aromatic rings. The Kier molecular flexibility index (Phi) is 3.72. The molecule has 2 rings (SSSR count). The van der Waals surface area contributed by atoms with E-state index in [1.807, 2.05) is 0 Å². The zero-order valence-electron chi connectivity index (χ0n) is 10.4. The quantitative estimate of drug-likeness (QED) is 0.747. The van der Waals surface area contributed by atoms with E-state index < -0.39 is 0 Å². The number of amides is 1. The predicted molar refractivity (Wildman–Crippen MR) is 71.2 cm³/mol. The second-order valence-corrected chi connectivity index (χ2v) is 3.92. The summed E-state index contributed by atoms with van der Waals surface area (Å²) in [6.45, 7) is -0.0167. The Bertz CT molecular complexity index is 596. The van der Waals surface area contributed by atoms with E-state index in [9.17, 15) is 4.79 Å². The molecule has 1 aromatic heterocycles. The Hall–Kier alpha value is -2.47. The topological polar surface area (TPSA) is 101 Å². The minimum absolute atomic E-state index is 0.0167. The molecule has 0 saturated heterocycles. The molecule has 0 bridgehead atoms. The van der Waals surface area contributed by atoms with Crippen molar-refractivity contribution in [2.45, 2.75) is 6.61 Å². The molecule has 0 aliphatic carbocycles. The number of aromatic nitrogens is 2. The minimum Gasteiger partial charge on any atom is -0.392 e. The summed E-state index contributed by atoms with van der Waals surface area (Å²) in [5.74, 6) is -0.283. The monoisotopic (exact) mass is 258 g/mol. The number of nitrogens with one attached hydrogen (secondary N) is 1. The summed E-state index contributed by atoms with van der Waals surface area (Å²) in [5.41, 5.74) is 7.88. The molecule has 0 atom stereocenters. The number of nitrogens with zero attached hydrogens (tertiary/aromatic N) is 2. The van der Waals surface area contributed by atoms with E-state index in [0.29, 0.717) is 5.69 Å². The number of carbonyl (C=O) groups is 1. The highest BCUT2D eigenvalue weighted by Crippen LogP contribution is 2.19. The maximum Gasteiger partial charge on any atom is 0.273 e. The van der Waals surface area contributed by atoms with Crippen molar-refractivity contribution in [1.29, 1.82) is 0 Å². The van der Waals surface area contributed by atoms with Crippen LogP contribution in [0, 0.1) is 0 Å². The van der Waals surface area contributed by atoms with Gasteiger partial charge in [-0.1, -0.05) is 24.3 Å². The van der Waals surface area contributed by atoms with E-state index in [4.69, 9.17) is 10.8 Å². The van der Waals surface area contributed by atoms with Crippen LogP contribution in [0.5, 0.6) is 0 Å². The number of rotatable bonds is 3. The lowest BCUT2D eigenvalue weighted by molar-refractivity contribution is 0.0959. The molecule has 0 aliphatic rings. The molecule has 1 aromatic carbocycles. The molecule has 0 unspecified atom stereocenters. The fourth-order valence-electron chi connectivity index (χ4n) is 1.60. The number of nitrogen functional groups attached to an aromatic ring is 1. The van der Waals surface area contributed by atoms with Crippen molar-refractivity contribution in [2.75, 3.05) is 12.8 Å². The van der Waals surface area contributed by atoms with Gasteiger partial charge < -0.3 is 16.2 Å². The third kappa shape index (κ3) is 2.69. The Morgan fingerprint density at radius 3 is 2.63 bits per heavy atom. The molecule has 1 amide bonds. The number of carbonyl (C=O) groups excluding carboxylic acids is 1. The molecule has 0 spiro atoms. The van der Waals surface area contributed by atoms with Gasteiger partial charge in [-0.25, -0.2) is 9.97 Å². The highest BCUT2D eigenvalue weighted by Gasteiger charge is 2.12. The largest absolute Gasteiger partial charge is 0.392 e. The first-order valence-corrected chi connectivity index (χ1v) is 5.70. The molecule has 0 saturated carbocycles. The van der Waals surface area contributed by atoms with Gasteiger partial charge in [0.2, 0.25) is 0 Å². The van der Waals surface area contributed by atoms with Gasteiger partial charge in [0.05, 0.1) is 18.5 Å². The molecular weight excluding hydrogens is 244 g/mol. The van der Waals surface area contributed by atoms with Gasteiger partial charge in [0.25, 0.3) is 5.91 Å². The Balaban J connectivity index is 2.42.